The van der Waals surface area contributed by atoms with Gasteiger partial charge in [0.25, 0.3) is 11.8 Å². The monoisotopic (exact) mass is 877 g/mol. The zero-order chi connectivity index (χ0) is 44.0. The summed E-state index contributed by atoms with van der Waals surface area (Å²) in [6, 6.07) is 40.7. The van der Waals surface area contributed by atoms with Crippen molar-refractivity contribution in [3.05, 3.63) is 226 Å². The number of thioether (sulfide) groups is 2. The van der Waals surface area contributed by atoms with Crippen LogP contribution < -0.4 is 5.73 Å². The molecule has 320 valence electrons. The average molecular weight is 878 g/mol. The summed E-state index contributed by atoms with van der Waals surface area (Å²) in [5, 5.41) is 0. The van der Waals surface area contributed by atoms with E-state index in [0.29, 0.717) is 44.1 Å². The van der Waals surface area contributed by atoms with Crippen LogP contribution in [0.1, 0.15) is 80.5 Å². The molecule has 2 aliphatic carbocycles. The highest BCUT2D eigenvalue weighted by atomic mass is 32.2. The number of imide groups is 2. The maximum atomic E-state index is 15.0. The first kappa shape index (κ1) is 43.1. The van der Waals surface area contributed by atoms with Crippen LogP contribution in [-0.4, -0.2) is 39.9 Å². The minimum atomic E-state index is -0.853. The van der Waals surface area contributed by atoms with Crippen LogP contribution in [0.15, 0.2) is 203 Å². The fourth-order valence-electron chi connectivity index (χ4n) is 9.03. The minimum Gasteiger partial charge on any atom is -0.311 e. The fraction of sp³-hybridized carbons (Fsp3) is 0.196. The van der Waals surface area contributed by atoms with E-state index in [9.17, 15) is 14.4 Å². The average Bonchev–Trinajstić information content (AvgIpc) is 4.02. The molecule has 3 fully saturated rings. The van der Waals surface area contributed by atoms with Gasteiger partial charge < -0.3 is 5.73 Å². The number of barbiturate groups is 1. The van der Waals surface area contributed by atoms with Gasteiger partial charge in [-0.1, -0.05) is 195 Å². The third-order valence-corrected chi connectivity index (χ3v) is 14.6. The van der Waals surface area contributed by atoms with Gasteiger partial charge in [-0.15, -0.1) is 0 Å². The number of allylic oxidation sites excluding steroid dienone is 13. The Labute approximate surface area is 385 Å². The third-order valence-electron chi connectivity index (χ3n) is 12.3. The van der Waals surface area contributed by atoms with E-state index in [-0.39, 0.29) is 11.6 Å². The van der Waals surface area contributed by atoms with E-state index in [1.165, 1.54) is 9.80 Å². The summed E-state index contributed by atoms with van der Waals surface area (Å²) in [6.45, 7) is 1.98. The molecule has 8 heteroatoms. The number of nitrogens with two attached hydrogens (primary N) is 1. The van der Waals surface area contributed by atoms with Crippen LogP contribution in [0.25, 0.3) is 19.6 Å². The molecule has 3 aliphatic heterocycles. The second-order valence-corrected chi connectivity index (χ2v) is 18.8. The van der Waals surface area contributed by atoms with Gasteiger partial charge in [0.15, 0.2) is 0 Å². The third kappa shape index (κ3) is 9.23. The maximum absolute atomic E-state index is 15.0. The van der Waals surface area contributed by atoms with Crippen LogP contribution in [0.5, 0.6) is 0 Å². The van der Waals surface area contributed by atoms with Crippen LogP contribution in [-0.2, 0) is 9.59 Å². The number of hydrogen-bond acceptors (Lipinski definition) is 6. The molecule has 9 rings (SSSR count). The Kier molecular flexibility index (Phi) is 13.3. The molecule has 3 heterocycles. The van der Waals surface area contributed by atoms with Crippen molar-refractivity contribution in [2.75, 3.05) is 0 Å². The summed E-state index contributed by atoms with van der Waals surface area (Å²) in [4.78, 5) is 51.2. The molecule has 1 unspecified atom stereocenters. The van der Waals surface area contributed by atoms with E-state index in [1.807, 2.05) is 31.2 Å². The van der Waals surface area contributed by atoms with E-state index in [4.69, 9.17) is 5.73 Å². The van der Waals surface area contributed by atoms with E-state index >= 15 is 0 Å². The Balaban J connectivity index is 1.21. The molecular weight excluding hydrogens is 827 g/mol. The Morgan fingerprint density at radius 1 is 0.562 bits per heavy atom. The first-order chi connectivity index (χ1) is 31.4. The molecule has 4 amide bonds. The smallest absolute Gasteiger partial charge is 0.311 e. The number of urea groups is 1. The Morgan fingerprint density at radius 3 is 1.33 bits per heavy atom. The summed E-state index contributed by atoms with van der Waals surface area (Å²) < 4.78 is 0. The Bertz CT molecular complexity index is 2470. The predicted octanol–water partition coefficient (Wildman–Crippen LogP) is 13.3. The molecule has 2 N–H and O–H groups in total. The van der Waals surface area contributed by atoms with Crippen LogP contribution >= 0.6 is 23.5 Å². The van der Waals surface area contributed by atoms with E-state index in [2.05, 4.69) is 146 Å². The van der Waals surface area contributed by atoms with Gasteiger partial charge in [0.1, 0.15) is 5.57 Å². The van der Waals surface area contributed by atoms with Gasteiger partial charge in [0.05, 0.1) is 6.17 Å². The number of hydrogen-bond donors (Lipinski definition) is 1. The summed E-state index contributed by atoms with van der Waals surface area (Å²) in [5.74, 6) is -1.13. The quantitative estimate of drug-likeness (QED) is 0.126. The normalized spacial score (nSPS) is 20.2. The number of carbonyl (C=O) groups is 3. The highest BCUT2D eigenvalue weighted by molar-refractivity contribution is 8.17. The second kappa shape index (κ2) is 19.7. The van der Waals surface area contributed by atoms with Crippen molar-refractivity contribution in [2.24, 2.45) is 5.73 Å². The molecular formula is C56H51N3O3S2. The summed E-state index contributed by atoms with van der Waals surface area (Å²) in [5.41, 5.74) is 15.6. The van der Waals surface area contributed by atoms with Crippen LogP contribution in [0, 0.1) is 0 Å². The van der Waals surface area contributed by atoms with Crippen molar-refractivity contribution in [2.45, 2.75) is 70.5 Å². The molecule has 4 aromatic carbocycles. The SMILES string of the molecule is CCCC(N)N1C(=O)C(=C2/C(=C/C=C3C=C(c4ccccc4)SC(c4ccccc4)=C3)CC/C2=C\C=C2C=C(c3ccccc3)SC(c3ccccc3)=C2)C(=O)N(C2CCCC2)C1=O. The molecule has 0 bridgehead atoms. The second-order valence-electron chi connectivity index (χ2n) is 16.6. The van der Waals surface area contributed by atoms with E-state index in [0.717, 1.165) is 77.0 Å². The zero-order valence-electron chi connectivity index (χ0n) is 36.0. The molecule has 1 saturated heterocycles. The molecule has 0 radical (unpaired) electrons. The van der Waals surface area contributed by atoms with E-state index in [1.54, 1.807) is 23.5 Å². The van der Waals surface area contributed by atoms with Crippen molar-refractivity contribution >= 4 is 61.0 Å². The highest BCUT2D eigenvalue weighted by Crippen LogP contribution is 2.47. The van der Waals surface area contributed by atoms with E-state index < -0.39 is 24.0 Å². The summed E-state index contributed by atoms with van der Waals surface area (Å²) in [6.07, 6.45) is 21.9. The van der Waals surface area contributed by atoms with Gasteiger partial charge in [-0.25, -0.2) is 9.69 Å². The maximum Gasteiger partial charge on any atom is 0.335 e. The topological polar surface area (TPSA) is 83.7 Å². The Morgan fingerprint density at radius 2 is 0.953 bits per heavy atom. The lowest BCUT2D eigenvalue weighted by Crippen LogP contribution is -2.63. The van der Waals surface area contributed by atoms with Gasteiger partial charge in [0.2, 0.25) is 0 Å². The van der Waals surface area contributed by atoms with Crippen molar-refractivity contribution in [1.29, 1.82) is 0 Å². The number of benzene rings is 4. The molecule has 0 aromatic heterocycles. The minimum absolute atomic E-state index is 0.0327. The van der Waals surface area contributed by atoms with Crippen molar-refractivity contribution in [3.8, 4) is 0 Å². The zero-order valence-corrected chi connectivity index (χ0v) is 37.6. The van der Waals surface area contributed by atoms with Gasteiger partial charge >= 0.3 is 6.03 Å². The fourth-order valence-corrected chi connectivity index (χ4v) is 11.3. The largest absolute Gasteiger partial charge is 0.335 e. The molecule has 64 heavy (non-hydrogen) atoms. The molecule has 4 aromatic rings. The van der Waals surface area contributed by atoms with Crippen LogP contribution in [0.2, 0.25) is 0 Å². The first-order valence-electron chi connectivity index (χ1n) is 22.3. The molecule has 5 aliphatic rings. The Hall–Kier alpha value is -6.19. The lowest BCUT2D eigenvalue weighted by Gasteiger charge is -2.40. The molecule has 0 spiro atoms. The lowest BCUT2D eigenvalue weighted by atomic mass is 9.93. The van der Waals surface area contributed by atoms with Gasteiger partial charge in [-0.3, -0.25) is 14.5 Å². The number of amides is 4. The predicted molar refractivity (Wildman–Crippen MR) is 266 cm³/mol. The molecule has 1 atom stereocenters. The highest BCUT2D eigenvalue weighted by Gasteiger charge is 2.49. The van der Waals surface area contributed by atoms with Crippen molar-refractivity contribution < 1.29 is 14.4 Å². The van der Waals surface area contributed by atoms with Crippen molar-refractivity contribution in [3.63, 3.8) is 0 Å². The van der Waals surface area contributed by atoms with Crippen molar-refractivity contribution in [1.82, 2.24) is 9.80 Å². The molecule has 6 nitrogen and oxygen atoms in total. The number of nitrogens with zero attached hydrogens (tertiary/aromatic N) is 2. The van der Waals surface area contributed by atoms with Gasteiger partial charge in [0, 0.05) is 25.7 Å². The molecule has 2 saturated carbocycles. The first-order valence-corrected chi connectivity index (χ1v) is 24.0. The lowest BCUT2D eigenvalue weighted by molar-refractivity contribution is -0.138. The standard InChI is InChI=1S/C56H51N3O3S2/c1-2-17-51(57)59-55(61)53(54(60)58(56(59)62)46-26-15-16-27-46)52-44(30-28-38-34-47(40-18-7-3-8-19-40)63-48(35-38)41-20-9-4-10-21-41)32-33-45(52)31-29-39-36-49(42-22-11-5-12-23-42)64-50(37-39)43-24-13-6-14-25-43/h3-14,18-25,28-31,34-37,46,51H,2,15-17,26-27,32-33,57H2,1H3/b44-30+,45-31+. The number of rotatable bonds is 10. The van der Waals surface area contributed by atoms with Crippen LogP contribution in [0.4, 0.5) is 4.79 Å². The van der Waals surface area contributed by atoms with Crippen LogP contribution in [0.3, 0.4) is 0 Å². The summed E-state index contributed by atoms with van der Waals surface area (Å²) in [7, 11) is 0. The summed E-state index contributed by atoms with van der Waals surface area (Å²) >= 11 is 3.48. The van der Waals surface area contributed by atoms with Gasteiger partial charge in [-0.05, 0) is 107 Å². The number of carbonyl (C=O) groups excluding carboxylic acids is 3. The van der Waals surface area contributed by atoms with Gasteiger partial charge in [-0.2, -0.15) is 0 Å².